The second-order valence-electron chi connectivity index (χ2n) is 4.96. The molecule has 0 saturated carbocycles. The maximum Gasteiger partial charge on any atom is 0.269 e. The molecule has 1 aromatic carbocycles. The van der Waals surface area contributed by atoms with Gasteiger partial charge in [0.05, 0.1) is 5.75 Å². The highest BCUT2D eigenvalue weighted by molar-refractivity contribution is 9.10. The summed E-state index contributed by atoms with van der Waals surface area (Å²) in [6.07, 6.45) is 0. The van der Waals surface area contributed by atoms with E-state index >= 15 is 0 Å². The fraction of sp³-hybridized carbons (Fsp3) is 0.286. The molecule has 7 nitrogen and oxygen atoms in total. The Morgan fingerprint density at radius 3 is 2.57 bits per heavy atom. The normalized spacial score (nSPS) is 10.6. The van der Waals surface area contributed by atoms with Gasteiger partial charge in [-0.05, 0) is 24.3 Å². The van der Waals surface area contributed by atoms with E-state index in [0.717, 1.165) is 10.3 Å². The summed E-state index contributed by atoms with van der Waals surface area (Å²) in [5, 5.41) is 7.34. The third-order valence-corrected chi connectivity index (χ3v) is 4.16. The maximum absolute atomic E-state index is 11.8. The first kappa shape index (κ1) is 17.5. The number of aromatic nitrogens is 3. The van der Waals surface area contributed by atoms with Crippen molar-refractivity contribution in [2.45, 2.75) is 24.9 Å². The molecule has 0 aliphatic carbocycles. The van der Waals surface area contributed by atoms with Crippen LogP contribution in [0.15, 0.2) is 33.9 Å². The van der Waals surface area contributed by atoms with E-state index in [1.807, 2.05) is 13.8 Å². The van der Waals surface area contributed by atoms with Crippen LogP contribution in [-0.2, 0) is 4.79 Å². The number of hydrazine groups is 1. The summed E-state index contributed by atoms with van der Waals surface area (Å²) in [4.78, 5) is 27.8. The van der Waals surface area contributed by atoms with Crippen molar-refractivity contribution < 1.29 is 9.59 Å². The fourth-order valence-corrected chi connectivity index (χ4v) is 2.42. The van der Waals surface area contributed by atoms with E-state index in [-0.39, 0.29) is 23.5 Å². The van der Waals surface area contributed by atoms with Crippen molar-refractivity contribution in [1.82, 2.24) is 26.0 Å². The lowest BCUT2D eigenvalue weighted by atomic mass is 10.2. The van der Waals surface area contributed by atoms with Crippen LogP contribution >= 0.6 is 27.7 Å². The van der Waals surface area contributed by atoms with Crippen LogP contribution < -0.4 is 10.9 Å². The molecule has 9 heteroatoms. The van der Waals surface area contributed by atoms with Crippen LogP contribution in [0.1, 0.15) is 35.9 Å². The van der Waals surface area contributed by atoms with Gasteiger partial charge in [0.1, 0.15) is 5.82 Å². The molecule has 0 unspecified atom stereocenters. The molecule has 0 saturated heterocycles. The van der Waals surface area contributed by atoms with Gasteiger partial charge in [0.2, 0.25) is 11.1 Å². The minimum atomic E-state index is -0.379. The highest BCUT2D eigenvalue weighted by Gasteiger charge is 2.11. The van der Waals surface area contributed by atoms with Crippen LogP contribution in [0.5, 0.6) is 0 Å². The predicted molar refractivity (Wildman–Crippen MR) is 90.9 cm³/mol. The number of carbonyl (C=O) groups is 2. The van der Waals surface area contributed by atoms with Crippen molar-refractivity contribution in [1.29, 1.82) is 0 Å². The number of benzene rings is 1. The number of aromatic amines is 1. The van der Waals surface area contributed by atoms with Gasteiger partial charge in [0.25, 0.3) is 5.91 Å². The number of nitrogens with zero attached hydrogens (tertiary/aromatic N) is 2. The average Bonchev–Trinajstić information content (AvgIpc) is 3.00. The summed E-state index contributed by atoms with van der Waals surface area (Å²) in [5.41, 5.74) is 5.18. The van der Waals surface area contributed by atoms with Gasteiger partial charge in [-0.25, -0.2) is 4.98 Å². The van der Waals surface area contributed by atoms with E-state index < -0.39 is 0 Å². The minimum Gasteiger partial charge on any atom is -0.272 e. The van der Waals surface area contributed by atoms with Gasteiger partial charge >= 0.3 is 0 Å². The highest BCUT2D eigenvalue weighted by atomic mass is 79.9. The molecule has 122 valence electrons. The second kappa shape index (κ2) is 8.11. The zero-order valence-corrected chi connectivity index (χ0v) is 15.0. The summed E-state index contributed by atoms with van der Waals surface area (Å²) in [6, 6.07) is 6.81. The number of H-pyrrole nitrogens is 1. The van der Waals surface area contributed by atoms with Crippen LogP contribution in [0.4, 0.5) is 0 Å². The Bertz CT molecular complexity index is 687. The molecule has 2 aromatic rings. The summed E-state index contributed by atoms with van der Waals surface area (Å²) >= 11 is 4.48. The number of carbonyl (C=O) groups excluding carboxylic acids is 2. The van der Waals surface area contributed by atoms with Crippen LogP contribution in [0.2, 0.25) is 0 Å². The fourth-order valence-electron chi connectivity index (χ4n) is 1.55. The molecule has 1 heterocycles. The third kappa shape index (κ3) is 5.36. The van der Waals surface area contributed by atoms with Gasteiger partial charge in [0.15, 0.2) is 0 Å². The Kier molecular flexibility index (Phi) is 6.17. The number of halogens is 1. The molecule has 0 aliphatic heterocycles. The molecule has 0 aliphatic rings. The van der Waals surface area contributed by atoms with Crippen LogP contribution in [0, 0.1) is 0 Å². The molecule has 0 spiro atoms. The monoisotopic (exact) mass is 397 g/mol. The topological polar surface area (TPSA) is 99.8 Å². The second-order valence-corrected chi connectivity index (χ2v) is 6.81. The predicted octanol–water partition coefficient (Wildman–Crippen LogP) is 2.24. The number of nitrogens with one attached hydrogen (secondary N) is 3. The lowest BCUT2D eigenvalue weighted by molar-refractivity contribution is -0.119. The number of rotatable bonds is 5. The van der Waals surface area contributed by atoms with Gasteiger partial charge in [-0.2, -0.15) is 0 Å². The molecule has 0 bridgehead atoms. The first-order valence-corrected chi connectivity index (χ1v) is 8.63. The Morgan fingerprint density at radius 2 is 1.96 bits per heavy atom. The van der Waals surface area contributed by atoms with Gasteiger partial charge in [-0.15, -0.1) is 5.10 Å². The Morgan fingerprint density at radius 1 is 1.26 bits per heavy atom. The van der Waals surface area contributed by atoms with Gasteiger partial charge in [-0.3, -0.25) is 25.5 Å². The maximum atomic E-state index is 11.8. The van der Waals surface area contributed by atoms with Crippen molar-refractivity contribution >= 4 is 39.5 Å². The van der Waals surface area contributed by atoms with Crippen molar-refractivity contribution in [3.8, 4) is 0 Å². The van der Waals surface area contributed by atoms with Gasteiger partial charge < -0.3 is 0 Å². The standard InChI is InChI=1S/C14H16BrN5O2S/c1-8(2)12-16-14(20-18-12)23-7-11(21)17-19-13(22)9-3-5-10(15)6-4-9/h3-6,8H,7H2,1-2H3,(H,17,21)(H,19,22)(H,16,18,20). The molecule has 0 atom stereocenters. The van der Waals surface area contributed by atoms with E-state index in [0.29, 0.717) is 10.7 Å². The Hall–Kier alpha value is -1.87. The van der Waals surface area contributed by atoms with E-state index in [1.54, 1.807) is 24.3 Å². The Labute approximate surface area is 146 Å². The summed E-state index contributed by atoms with van der Waals surface area (Å²) in [5.74, 6) is 0.412. The zero-order valence-electron chi connectivity index (χ0n) is 12.6. The smallest absolute Gasteiger partial charge is 0.269 e. The van der Waals surface area contributed by atoms with E-state index in [4.69, 9.17) is 0 Å². The number of amides is 2. The highest BCUT2D eigenvalue weighted by Crippen LogP contribution is 2.15. The molecule has 1 aromatic heterocycles. The SMILES string of the molecule is CC(C)c1nc(SCC(=O)NNC(=O)c2ccc(Br)cc2)n[nH]1. The summed E-state index contributed by atoms with van der Waals surface area (Å²) in [7, 11) is 0. The lowest BCUT2D eigenvalue weighted by Crippen LogP contribution is -2.42. The first-order valence-electron chi connectivity index (χ1n) is 6.85. The number of thioether (sulfide) groups is 1. The minimum absolute atomic E-state index is 0.107. The third-order valence-electron chi connectivity index (χ3n) is 2.78. The molecule has 0 fully saturated rings. The number of hydrogen-bond donors (Lipinski definition) is 3. The molecule has 23 heavy (non-hydrogen) atoms. The zero-order chi connectivity index (χ0) is 16.8. The number of hydrogen-bond acceptors (Lipinski definition) is 5. The van der Waals surface area contributed by atoms with Crippen molar-refractivity contribution in [2.75, 3.05) is 5.75 Å². The summed E-state index contributed by atoms with van der Waals surface area (Å²) in [6.45, 7) is 4.00. The average molecular weight is 398 g/mol. The van der Waals surface area contributed by atoms with E-state index in [1.165, 1.54) is 11.8 Å². The Balaban J connectivity index is 1.76. The quantitative estimate of drug-likeness (QED) is 0.530. The van der Waals surface area contributed by atoms with Crippen molar-refractivity contribution in [2.24, 2.45) is 0 Å². The first-order chi connectivity index (χ1) is 11.0. The van der Waals surface area contributed by atoms with Crippen LogP contribution in [0.3, 0.4) is 0 Å². The van der Waals surface area contributed by atoms with Crippen LogP contribution in [-0.4, -0.2) is 32.7 Å². The largest absolute Gasteiger partial charge is 0.272 e. The van der Waals surface area contributed by atoms with Gasteiger partial charge in [-0.1, -0.05) is 41.5 Å². The summed E-state index contributed by atoms with van der Waals surface area (Å²) < 4.78 is 0.877. The van der Waals surface area contributed by atoms with Crippen molar-refractivity contribution in [3.63, 3.8) is 0 Å². The molecule has 3 N–H and O–H groups in total. The van der Waals surface area contributed by atoms with E-state index in [2.05, 4.69) is 42.0 Å². The molecule has 2 rings (SSSR count). The lowest BCUT2D eigenvalue weighted by Gasteiger charge is -2.06. The van der Waals surface area contributed by atoms with Gasteiger partial charge in [0, 0.05) is 16.0 Å². The molecular formula is C14H16BrN5O2S. The molecular weight excluding hydrogens is 382 g/mol. The molecule has 0 radical (unpaired) electrons. The van der Waals surface area contributed by atoms with Crippen LogP contribution in [0.25, 0.3) is 0 Å². The van der Waals surface area contributed by atoms with E-state index in [9.17, 15) is 9.59 Å². The van der Waals surface area contributed by atoms with Crippen molar-refractivity contribution in [3.05, 3.63) is 40.1 Å². The molecule has 2 amide bonds.